The van der Waals surface area contributed by atoms with Crippen molar-refractivity contribution in [2.75, 3.05) is 26.9 Å². The number of hydrogen-bond acceptors (Lipinski definition) is 6. The van der Waals surface area contributed by atoms with Gasteiger partial charge in [-0.1, -0.05) is 6.92 Å². The van der Waals surface area contributed by atoms with Gasteiger partial charge in [-0.05, 0) is 12.5 Å². The molecular formula is C16H22N4O5. The smallest absolute Gasteiger partial charge is 0.332 e. The van der Waals surface area contributed by atoms with E-state index in [1.165, 1.54) is 24.9 Å². The Balaban J connectivity index is 2.48. The van der Waals surface area contributed by atoms with Crippen LogP contribution in [0.5, 0.6) is 5.75 Å². The standard InChI is InChI=1S/C16H22N4O5/c1-4-8-25-11-5-6-18-14-13(11)15(22)20(16(23)19(14)2)10-12(21)17-7-9-24-3/h5-6H,4,7-10H2,1-3H3,(H,17,21). The van der Waals surface area contributed by atoms with E-state index in [-0.39, 0.29) is 17.6 Å². The number of methoxy groups -OCH3 is 1. The van der Waals surface area contributed by atoms with Gasteiger partial charge >= 0.3 is 5.69 Å². The zero-order valence-electron chi connectivity index (χ0n) is 14.6. The zero-order chi connectivity index (χ0) is 18.4. The second kappa shape index (κ2) is 8.43. The number of aromatic nitrogens is 3. The Morgan fingerprint density at radius 2 is 2.08 bits per heavy atom. The number of nitrogens with zero attached hydrogens (tertiary/aromatic N) is 3. The Hall–Kier alpha value is -2.68. The van der Waals surface area contributed by atoms with Crippen LogP contribution in [0.3, 0.4) is 0 Å². The number of hydrogen-bond donors (Lipinski definition) is 1. The highest BCUT2D eigenvalue weighted by Gasteiger charge is 2.17. The molecule has 0 fully saturated rings. The van der Waals surface area contributed by atoms with Crippen LogP contribution in [-0.2, 0) is 23.1 Å². The summed E-state index contributed by atoms with van der Waals surface area (Å²) in [5.74, 6) is -0.100. The summed E-state index contributed by atoms with van der Waals surface area (Å²) >= 11 is 0. The van der Waals surface area contributed by atoms with Gasteiger partial charge in [0.25, 0.3) is 5.56 Å². The normalized spacial score (nSPS) is 10.8. The van der Waals surface area contributed by atoms with E-state index in [1.54, 1.807) is 6.07 Å². The fraction of sp³-hybridized carbons (Fsp3) is 0.500. The molecule has 0 aromatic carbocycles. The molecule has 1 amide bonds. The lowest BCUT2D eigenvalue weighted by Gasteiger charge is -2.13. The van der Waals surface area contributed by atoms with Gasteiger partial charge in [0.1, 0.15) is 17.7 Å². The summed E-state index contributed by atoms with van der Waals surface area (Å²) in [6.07, 6.45) is 2.25. The molecule has 2 aromatic heterocycles. The van der Waals surface area contributed by atoms with Crippen LogP contribution >= 0.6 is 0 Å². The topological polar surface area (TPSA) is 104 Å². The Morgan fingerprint density at radius 3 is 2.76 bits per heavy atom. The molecule has 0 bridgehead atoms. The first-order valence-electron chi connectivity index (χ1n) is 7.98. The van der Waals surface area contributed by atoms with Crippen LogP contribution in [0.25, 0.3) is 11.0 Å². The fourth-order valence-corrected chi connectivity index (χ4v) is 2.35. The van der Waals surface area contributed by atoms with Crippen molar-refractivity contribution < 1.29 is 14.3 Å². The van der Waals surface area contributed by atoms with Crippen molar-refractivity contribution in [2.45, 2.75) is 19.9 Å². The van der Waals surface area contributed by atoms with Crippen molar-refractivity contribution in [1.82, 2.24) is 19.4 Å². The summed E-state index contributed by atoms with van der Waals surface area (Å²) in [6.45, 7) is 2.63. The third kappa shape index (κ3) is 4.05. The Morgan fingerprint density at radius 1 is 1.32 bits per heavy atom. The first kappa shape index (κ1) is 18.7. The summed E-state index contributed by atoms with van der Waals surface area (Å²) in [5, 5.41) is 2.77. The minimum absolute atomic E-state index is 0.183. The van der Waals surface area contributed by atoms with E-state index in [0.717, 1.165) is 11.0 Å². The van der Waals surface area contributed by atoms with Gasteiger partial charge < -0.3 is 14.8 Å². The van der Waals surface area contributed by atoms with Gasteiger partial charge in [0, 0.05) is 26.9 Å². The maximum Gasteiger partial charge on any atom is 0.332 e. The predicted octanol–water partition coefficient (Wildman–Crippen LogP) is -0.353. The molecule has 9 nitrogen and oxygen atoms in total. The number of ether oxygens (including phenoxy) is 2. The quantitative estimate of drug-likeness (QED) is 0.653. The second-order valence-corrected chi connectivity index (χ2v) is 5.43. The molecule has 136 valence electrons. The lowest BCUT2D eigenvalue weighted by atomic mass is 10.3. The molecule has 0 aliphatic rings. The van der Waals surface area contributed by atoms with Crippen LogP contribution in [0.4, 0.5) is 0 Å². The average Bonchev–Trinajstić information content (AvgIpc) is 2.61. The summed E-state index contributed by atoms with van der Waals surface area (Å²) in [5.41, 5.74) is -0.988. The maximum absolute atomic E-state index is 12.8. The monoisotopic (exact) mass is 350 g/mol. The molecule has 0 aliphatic carbocycles. The molecule has 0 aliphatic heterocycles. The van der Waals surface area contributed by atoms with Gasteiger partial charge in [-0.2, -0.15) is 0 Å². The third-order valence-electron chi connectivity index (χ3n) is 3.58. The molecule has 2 aromatic rings. The van der Waals surface area contributed by atoms with E-state index in [9.17, 15) is 14.4 Å². The van der Waals surface area contributed by atoms with E-state index in [4.69, 9.17) is 9.47 Å². The lowest BCUT2D eigenvalue weighted by molar-refractivity contribution is -0.121. The van der Waals surface area contributed by atoms with Crippen molar-refractivity contribution >= 4 is 16.9 Å². The van der Waals surface area contributed by atoms with Crippen LogP contribution in [0.2, 0.25) is 0 Å². The van der Waals surface area contributed by atoms with E-state index in [1.807, 2.05) is 6.92 Å². The van der Waals surface area contributed by atoms with Crippen LogP contribution < -0.4 is 21.3 Å². The molecule has 0 atom stereocenters. The number of nitrogens with one attached hydrogen (secondary N) is 1. The number of amides is 1. The summed E-state index contributed by atoms with van der Waals surface area (Å²) in [7, 11) is 3.01. The summed E-state index contributed by atoms with van der Waals surface area (Å²) in [4.78, 5) is 41.3. The average molecular weight is 350 g/mol. The fourth-order valence-electron chi connectivity index (χ4n) is 2.35. The van der Waals surface area contributed by atoms with E-state index < -0.39 is 17.2 Å². The summed E-state index contributed by atoms with van der Waals surface area (Å²) in [6, 6.07) is 1.58. The molecule has 2 rings (SSSR count). The first-order chi connectivity index (χ1) is 12.0. The predicted molar refractivity (Wildman–Crippen MR) is 91.9 cm³/mol. The van der Waals surface area contributed by atoms with Crippen LogP contribution in [-0.4, -0.2) is 46.9 Å². The highest BCUT2D eigenvalue weighted by Crippen LogP contribution is 2.19. The molecule has 25 heavy (non-hydrogen) atoms. The van der Waals surface area contributed by atoms with Crippen molar-refractivity contribution in [3.8, 4) is 5.75 Å². The van der Waals surface area contributed by atoms with Crippen molar-refractivity contribution in [1.29, 1.82) is 0 Å². The van der Waals surface area contributed by atoms with Gasteiger partial charge in [0.05, 0.1) is 13.2 Å². The molecular weight excluding hydrogens is 328 g/mol. The zero-order valence-corrected chi connectivity index (χ0v) is 14.6. The Labute approximate surface area is 144 Å². The molecule has 0 saturated carbocycles. The molecule has 1 N–H and O–H groups in total. The Bertz CT molecular complexity index is 871. The van der Waals surface area contributed by atoms with Gasteiger partial charge in [-0.3, -0.25) is 14.2 Å². The van der Waals surface area contributed by atoms with E-state index >= 15 is 0 Å². The van der Waals surface area contributed by atoms with Crippen molar-refractivity contribution in [3.05, 3.63) is 33.1 Å². The molecule has 9 heteroatoms. The maximum atomic E-state index is 12.8. The largest absolute Gasteiger partial charge is 0.493 e. The minimum atomic E-state index is -0.612. The third-order valence-corrected chi connectivity index (χ3v) is 3.58. The van der Waals surface area contributed by atoms with E-state index in [2.05, 4.69) is 10.3 Å². The highest BCUT2D eigenvalue weighted by molar-refractivity contribution is 5.81. The molecule has 0 unspecified atom stereocenters. The van der Waals surface area contributed by atoms with Gasteiger partial charge in [0.15, 0.2) is 5.65 Å². The lowest BCUT2D eigenvalue weighted by Crippen LogP contribution is -2.43. The molecule has 0 spiro atoms. The number of aryl methyl sites for hydroxylation is 1. The number of fused-ring (bicyclic) bond motifs is 1. The van der Waals surface area contributed by atoms with Gasteiger partial charge in [-0.15, -0.1) is 0 Å². The van der Waals surface area contributed by atoms with Gasteiger partial charge in [-0.25, -0.2) is 14.3 Å². The number of carbonyl (C=O) groups excluding carboxylic acids is 1. The minimum Gasteiger partial charge on any atom is -0.493 e. The van der Waals surface area contributed by atoms with E-state index in [0.29, 0.717) is 25.5 Å². The molecule has 2 heterocycles. The van der Waals surface area contributed by atoms with Crippen LogP contribution in [0, 0.1) is 0 Å². The van der Waals surface area contributed by atoms with Crippen molar-refractivity contribution in [2.24, 2.45) is 7.05 Å². The van der Waals surface area contributed by atoms with Crippen LogP contribution in [0.1, 0.15) is 13.3 Å². The second-order valence-electron chi connectivity index (χ2n) is 5.43. The first-order valence-corrected chi connectivity index (χ1v) is 7.98. The number of carbonyl (C=O) groups is 1. The Kier molecular flexibility index (Phi) is 6.29. The number of rotatable bonds is 8. The summed E-state index contributed by atoms with van der Waals surface area (Å²) < 4.78 is 12.6. The number of pyridine rings is 1. The van der Waals surface area contributed by atoms with Crippen molar-refractivity contribution in [3.63, 3.8) is 0 Å². The highest BCUT2D eigenvalue weighted by atomic mass is 16.5. The van der Waals surface area contributed by atoms with Crippen LogP contribution in [0.15, 0.2) is 21.9 Å². The van der Waals surface area contributed by atoms with Gasteiger partial charge in [0.2, 0.25) is 5.91 Å². The molecule has 0 saturated heterocycles. The molecule has 0 radical (unpaired) electrons. The SMILES string of the molecule is CCCOc1ccnc2c1c(=O)n(CC(=O)NCCOC)c(=O)n2C.